The van der Waals surface area contributed by atoms with Gasteiger partial charge in [-0.1, -0.05) is 0 Å². The van der Waals surface area contributed by atoms with Crippen LogP contribution in [0.1, 0.15) is 37.0 Å². The Labute approximate surface area is 161 Å². The van der Waals surface area contributed by atoms with E-state index in [1.807, 2.05) is 4.90 Å². The van der Waals surface area contributed by atoms with Crippen molar-refractivity contribution in [2.24, 2.45) is 5.92 Å². The molecule has 2 aliphatic rings. The minimum absolute atomic E-state index is 0.0296. The lowest BCUT2D eigenvalue weighted by atomic mass is 9.79. The minimum atomic E-state index is -0.0296. The van der Waals surface area contributed by atoms with E-state index in [-0.39, 0.29) is 5.91 Å². The fourth-order valence-electron chi connectivity index (χ4n) is 4.33. The second-order valence-electron chi connectivity index (χ2n) is 7.60. The largest absolute Gasteiger partial charge is 0.481 e. The van der Waals surface area contributed by atoms with Crippen LogP contribution in [-0.4, -0.2) is 79.8 Å². The van der Waals surface area contributed by atoms with Gasteiger partial charge in [0.2, 0.25) is 11.8 Å². The lowest BCUT2D eigenvalue weighted by molar-refractivity contribution is -0.128. The van der Waals surface area contributed by atoms with Crippen molar-refractivity contribution in [3.8, 4) is 11.8 Å². The summed E-state index contributed by atoms with van der Waals surface area (Å²) in [7, 11) is 4.87. The predicted octanol–water partition coefficient (Wildman–Crippen LogP) is 2.06. The van der Waals surface area contributed by atoms with Crippen LogP contribution in [0.5, 0.6) is 11.8 Å². The monoisotopic (exact) mass is 377 g/mol. The summed E-state index contributed by atoms with van der Waals surface area (Å²) >= 11 is 0. The van der Waals surface area contributed by atoms with E-state index in [4.69, 9.17) is 14.2 Å². The first-order valence-corrected chi connectivity index (χ1v) is 9.67. The average molecular weight is 377 g/mol. The van der Waals surface area contributed by atoms with E-state index >= 15 is 0 Å². The van der Waals surface area contributed by atoms with Crippen molar-refractivity contribution in [1.29, 1.82) is 0 Å². The van der Waals surface area contributed by atoms with E-state index in [2.05, 4.69) is 23.7 Å². The van der Waals surface area contributed by atoms with Crippen LogP contribution in [0.2, 0.25) is 0 Å². The summed E-state index contributed by atoms with van der Waals surface area (Å²) in [5, 5.41) is 0. The molecule has 0 N–H and O–H groups in total. The van der Waals surface area contributed by atoms with Gasteiger partial charge in [0.05, 0.1) is 20.3 Å². The molecule has 3 rings (SSSR count). The second-order valence-corrected chi connectivity index (χ2v) is 7.60. The number of amides is 1. The number of methoxy groups -OCH3 is 3. The number of rotatable bonds is 6. The Morgan fingerprint density at radius 3 is 2.41 bits per heavy atom. The number of likely N-dealkylation sites (tertiary alicyclic amines) is 2. The van der Waals surface area contributed by atoms with E-state index in [1.54, 1.807) is 26.4 Å². The third-order valence-electron chi connectivity index (χ3n) is 5.90. The first kappa shape index (κ1) is 19.9. The van der Waals surface area contributed by atoms with Crippen molar-refractivity contribution in [2.45, 2.75) is 44.9 Å². The molecule has 1 aromatic heterocycles. The average Bonchev–Trinajstić information content (AvgIpc) is 2.66. The van der Waals surface area contributed by atoms with Gasteiger partial charge in [-0.05, 0) is 38.7 Å². The Kier molecular flexibility index (Phi) is 6.22. The molecule has 0 aliphatic carbocycles. The van der Waals surface area contributed by atoms with Crippen molar-refractivity contribution in [3.63, 3.8) is 0 Å². The molecule has 2 fully saturated rings. The molecule has 3 heterocycles. The van der Waals surface area contributed by atoms with Crippen molar-refractivity contribution >= 4 is 5.91 Å². The smallest absolute Gasteiger partial charge is 0.259 e. The highest BCUT2D eigenvalue weighted by atomic mass is 16.5. The number of ether oxygens (including phenoxy) is 3. The van der Waals surface area contributed by atoms with Crippen LogP contribution in [0.25, 0.3) is 0 Å². The Morgan fingerprint density at radius 2 is 1.85 bits per heavy atom. The predicted molar refractivity (Wildman–Crippen MR) is 102 cm³/mol. The zero-order chi connectivity index (χ0) is 19.6. The van der Waals surface area contributed by atoms with Crippen molar-refractivity contribution in [3.05, 3.63) is 17.7 Å². The van der Waals surface area contributed by atoms with Crippen molar-refractivity contribution in [2.75, 3.05) is 41.0 Å². The second kappa shape index (κ2) is 8.44. The Morgan fingerprint density at radius 1 is 1.15 bits per heavy atom. The highest BCUT2D eigenvalue weighted by Crippen LogP contribution is 2.35. The Hall–Kier alpha value is -1.86. The molecule has 2 atom stereocenters. The van der Waals surface area contributed by atoms with Crippen LogP contribution >= 0.6 is 0 Å². The first-order chi connectivity index (χ1) is 13.0. The van der Waals surface area contributed by atoms with Gasteiger partial charge < -0.3 is 19.1 Å². The minimum Gasteiger partial charge on any atom is -0.481 e. The van der Waals surface area contributed by atoms with Gasteiger partial charge >= 0.3 is 0 Å². The number of aromatic nitrogens is 1. The van der Waals surface area contributed by atoms with Crippen LogP contribution in [0.15, 0.2) is 12.1 Å². The first-order valence-electron chi connectivity index (χ1n) is 9.67. The Balaban J connectivity index is 1.64. The molecule has 0 unspecified atom stereocenters. The number of pyridine rings is 1. The van der Waals surface area contributed by atoms with Gasteiger partial charge in [-0.3, -0.25) is 9.69 Å². The Bertz CT molecular complexity index is 659. The molecule has 2 aliphatic heterocycles. The zero-order valence-corrected chi connectivity index (χ0v) is 17.0. The van der Waals surface area contributed by atoms with Gasteiger partial charge in [0, 0.05) is 44.9 Å². The fraction of sp³-hybridized carbons (Fsp3) is 0.700. The molecule has 0 saturated carbocycles. The molecule has 0 aromatic carbocycles. The van der Waals surface area contributed by atoms with E-state index in [1.165, 1.54) is 7.11 Å². The van der Waals surface area contributed by atoms with Gasteiger partial charge in [-0.15, -0.1) is 0 Å². The molecule has 1 amide bonds. The maximum atomic E-state index is 13.0. The molecule has 7 nitrogen and oxygen atoms in total. The number of piperidine rings is 1. The standard InChI is InChI=1S/C20H31N3O4/c1-13(2)23-12-16(25-3)18(23)14-8-10-22(11-9-14)20(24)15-6-7-17(26-4)21-19(15)27-5/h6-7,13-14,16,18H,8-12H2,1-5H3/t16-,18-/m0/s1. The van der Waals surface area contributed by atoms with Crippen LogP contribution in [0.3, 0.4) is 0 Å². The maximum absolute atomic E-state index is 13.0. The van der Waals surface area contributed by atoms with Gasteiger partial charge in [0.15, 0.2) is 0 Å². The summed E-state index contributed by atoms with van der Waals surface area (Å²) in [6.45, 7) is 6.97. The summed E-state index contributed by atoms with van der Waals surface area (Å²) in [6, 6.07) is 4.41. The van der Waals surface area contributed by atoms with E-state index in [0.717, 1.165) is 32.5 Å². The summed E-state index contributed by atoms with van der Waals surface area (Å²) in [5.74, 6) is 1.28. The molecule has 1 aromatic rings. The summed E-state index contributed by atoms with van der Waals surface area (Å²) in [6.07, 6.45) is 2.29. The molecule has 2 saturated heterocycles. The lowest BCUT2D eigenvalue weighted by Crippen LogP contribution is -2.66. The SMILES string of the molecule is COc1ccc(C(=O)N2CCC([C@H]3[C@@H](OC)CN3C(C)C)CC2)c(OC)n1. The van der Waals surface area contributed by atoms with E-state index in [9.17, 15) is 4.79 Å². The van der Waals surface area contributed by atoms with Crippen LogP contribution in [0, 0.1) is 5.92 Å². The maximum Gasteiger partial charge on any atom is 0.259 e. The highest BCUT2D eigenvalue weighted by molar-refractivity contribution is 5.96. The normalized spacial score (nSPS) is 24.0. The van der Waals surface area contributed by atoms with Gasteiger partial charge in [0.1, 0.15) is 5.56 Å². The quantitative estimate of drug-likeness (QED) is 0.756. The molecule has 27 heavy (non-hydrogen) atoms. The molecule has 0 spiro atoms. The van der Waals surface area contributed by atoms with Gasteiger partial charge in [-0.25, -0.2) is 0 Å². The van der Waals surface area contributed by atoms with E-state index in [0.29, 0.717) is 41.4 Å². The van der Waals surface area contributed by atoms with Crippen LogP contribution in [0.4, 0.5) is 0 Å². The number of nitrogens with zero attached hydrogens (tertiary/aromatic N) is 3. The molecular formula is C20H31N3O4. The molecule has 150 valence electrons. The number of carbonyl (C=O) groups is 1. The van der Waals surface area contributed by atoms with Crippen LogP contribution in [-0.2, 0) is 4.74 Å². The number of hydrogen-bond donors (Lipinski definition) is 0. The summed E-state index contributed by atoms with van der Waals surface area (Å²) in [4.78, 5) is 21.6. The third kappa shape index (κ3) is 3.89. The fourth-order valence-corrected chi connectivity index (χ4v) is 4.33. The van der Waals surface area contributed by atoms with Crippen molar-refractivity contribution < 1.29 is 19.0 Å². The van der Waals surface area contributed by atoms with Crippen molar-refractivity contribution in [1.82, 2.24) is 14.8 Å². The van der Waals surface area contributed by atoms with Crippen LogP contribution < -0.4 is 9.47 Å². The third-order valence-corrected chi connectivity index (χ3v) is 5.90. The molecular weight excluding hydrogens is 346 g/mol. The number of carbonyl (C=O) groups excluding carboxylic acids is 1. The topological polar surface area (TPSA) is 64.1 Å². The summed E-state index contributed by atoms with van der Waals surface area (Å²) < 4.78 is 16.1. The highest BCUT2D eigenvalue weighted by Gasteiger charge is 2.46. The molecule has 0 radical (unpaired) electrons. The molecule has 0 bridgehead atoms. The van der Waals surface area contributed by atoms with Gasteiger partial charge in [-0.2, -0.15) is 4.98 Å². The lowest BCUT2D eigenvalue weighted by Gasteiger charge is -2.54. The van der Waals surface area contributed by atoms with Gasteiger partial charge in [0.25, 0.3) is 5.91 Å². The zero-order valence-electron chi connectivity index (χ0n) is 17.0. The summed E-state index contributed by atoms with van der Waals surface area (Å²) in [5.41, 5.74) is 0.485. The van der Waals surface area contributed by atoms with E-state index < -0.39 is 0 Å². The molecule has 7 heteroatoms. The number of hydrogen-bond acceptors (Lipinski definition) is 6.